The summed E-state index contributed by atoms with van der Waals surface area (Å²) in [7, 11) is 1.63. The minimum absolute atomic E-state index is 0.325. The van der Waals surface area contributed by atoms with Crippen molar-refractivity contribution in [1.29, 1.82) is 0 Å². The van der Waals surface area contributed by atoms with Crippen LogP contribution in [0.5, 0.6) is 5.75 Å². The molecule has 1 atom stereocenters. The van der Waals surface area contributed by atoms with Gasteiger partial charge in [0.1, 0.15) is 10.8 Å². The third kappa shape index (κ3) is 2.43. The van der Waals surface area contributed by atoms with Crippen LogP contribution in [-0.2, 0) is 12.8 Å². The van der Waals surface area contributed by atoms with Crippen LogP contribution < -0.4 is 10.5 Å². The number of aromatic nitrogens is 1. The van der Waals surface area contributed by atoms with E-state index in [0.717, 1.165) is 29.2 Å². The minimum atomic E-state index is -0.325. The van der Waals surface area contributed by atoms with Gasteiger partial charge in [0.2, 0.25) is 0 Å². The Balaban J connectivity index is 2.00. The number of methoxy groups -OCH3 is 1. The lowest BCUT2D eigenvalue weighted by Crippen LogP contribution is -2.13. The lowest BCUT2D eigenvalue weighted by atomic mass is 10.0. The molecule has 3 nitrogen and oxygen atoms in total. The summed E-state index contributed by atoms with van der Waals surface area (Å²) in [6.45, 7) is 0. The van der Waals surface area contributed by atoms with Gasteiger partial charge in [-0.3, -0.25) is 0 Å². The Morgan fingerprint density at radius 3 is 2.90 bits per heavy atom. The van der Waals surface area contributed by atoms with Crippen LogP contribution in [0.2, 0.25) is 5.02 Å². The summed E-state index contributed by atoms with van der Waals surface area (Å²) in [5.74, 6) is 0.721. The van der Waals surface area contributed by atoms with Crippen molar-refractivity contribution >= 4 is 22.9 Å². The molecule has 2 aromatic rings. The number of hydrogen-bond donors (Lipinski definition) is 1. The van der Waals surface area contributed by atoms with Gasteiger partial charge in [0, 0.05) is 15.5 Å². The third-order valence-corrected chi connectivity index (χ3v) is 5.24. The van der Waals surface area contributed by atoms with Crippen molar-refractivity contribution in [3.63, 3.8) is 0 Å². The van der Waals surface area contributed by atoms with Gasteiger partial charge in [-0.15, -0.1) is 11.3 Å². The standard InChI is InChI=1S/C15H17ClN2OS/c1-19-11-7-4-5-9(16)13(11)14(17)15-18-10-6-2-3-8-12(10)20-15/h4-5,7,14H,2-3,6,8,17H2,1H3. The van der Waals surface area contributed by atoms with Crippen molar-refractivity contribution in [1.82, 2.24) is 4.98 Å². The monoisotopic (exact) mass is 308 g/mol. The maximum Gasteiger partial charge on any atom is 0.125 e. The van der Waals surface area contributed by atoms with Gasteiger partial charge in [-0.2, -0.15) is 0 Å². The first-order valence-electron chi connectivity index (χ1n) is 6.77. The maximum atomic E-state index is 6.39. The normalized spacial score (nSPS) is 15.8. The molecule has 5 heteroatoms. The van der Waals surface area contributed by atoms with Crippen LogP contribution in [0.1, 0.15) is 40.0 Å². The maximum absolute atomic E-state index is 6.39. The molecule has 0 amide bonds. The molecule has 20 heavy (non-hydrogen) atoms. The highest BCUT2D eigenvalue weighted by molar-refractivity contribution is 7.11. The largest absolute Gasteiger partial charge is 0.496 e. The van der Waals surface area contributed by atoms with Crippen LogP contribution >= 0.6 is 22.9 Å². The molecule has 0 saturated carbocycles. The number of thiazole rings is 1. The summed E-state index contributed by atoms with van der Waals surface area (Å²) >= 11 is 8.01. The van der Waals surface area contributed by atoms with E-state index in [1.807, 2.05) is 18.2 Å². The van der Waals surface area contributed by atoms with E-state index in [-0.39, 0.29) is 6.04 Å². The van der Waals surface area contributed by atoms with E-state index in [9.17, 15) is 0 Å². The van der Waals surface area contributed by atoms with Crippen molar-refractivity contribution in [2.24, 2.45) is 5.73 Å². The van der Waals surface area contributed by atoms with Crippen molar-refractivity contribution in [2.45, 2.75) is 31.7 Å². The molecular formula is C15H17ClN2OS. The molecule has 2 N–H and O–H groups in total. The second-order valence-corrected chi connectivity index (χ2v) is 6.48. The van der Waals surface area contributed by atoms with Gasteiger partial charge in [0.05, 0.1) is 18.8 Å². The van der Waals surface area contributed by atoms with Crippen LogP contribution in [0.25, 0.3) is 0 Å². The van der Waals surface area contributed by atoms with Gasteiger partial charge in [0.15, 0.2) is 0 Å². The van der Waals surface area contributed by atoms with Crippen molar-refractivity contribution in [3.05, 3.63) is 44.4 Å². The number of hydrogen-bond acceptors (Lipinski definition) is 4. The lowest BCUT2D eigenvalue weighted by molar-refractivity contribution is 0.408. The zero-order chi connectivity index (χ0) is 14.1. The SMILES string of the molecule is COc1cccc(Cl)c1C(N)c1nc2c(s1)CCCC2. The van der Waals surface area contributed by atoms with Gasteiger partial charge in [-0.1, -0.05) is 17.7 Å². The molecule has 106 valence electrons. The molecule has 3 rings (SSSR count). The molecule has 1 aromatic heterocycles. The van der Waals surface area contributed by atoms with Gasteiger partial charge >= 0.3 is 0 Å². The number of ether oxygens (including phenoxy) is 1. The molecule has 1 aromatic carbocycles. The van der Waals surface area contributed by atoms with E-state index in [0.29, 0.717) is 5.02 Å². The van der Waals surface area contributed by atoms with Crippen molar-refractivity contribution in [2.75, 3.05) is 7.11 Å². The number of benzene rings is 1. The van der Waals surface area contributed by atoms with Gasteiger partial charge in [-0.25, -0.2) is 4.98 Å². The fourth-order valence-corrected chi connectivity index (χ4v) is 4.07. The summed E-state index contributed by atoms with van der Waals surface area (Å²) in [6.07, 6.45) is 4.66. The quantitative estimate of drug-likeness (QED) is 0.940. The number of nitrogens with two attached hydrogens (primary N) is 1. The minimum Gasteiger partial charge on any atom is -0.496 e. The first-order chi connectivity index (χ1) is 9.70. The van der Waals surface area contributed by atoms with Crippen LogP contribution in [0, 0.1) is 0 Å². The first-order valence-corrected chi connectivity index (χ1v) is 7.96. The molecular weight excluding hydrogens is 292 g/mol. The Labute approximate surface area is 127 Å². The number of halogens is 1. The molecule has 1 unspecified atom stereocenters. The van der Waals surface area contributed by atoms with Gasteiger partial charge in [0.25, 0.3) is 0 Å². The smallest absolute Gasteiger partial charge is 0.125 e. The molecule has 0 fully saturated rings. The Hall–Kier alpha value is -1.10. The van der Waals surface area contributed by atoms with E-state index < -0.39 is 0 Å². The fourth-order valence-electron chi connectivity index (χ4n) is 2.63. The number of nitrogens with zero attached hydrogens (tertiary/aromatic N) is 1. The van der Waals surface area contributed by atoms with Crippen LogP contribution in [0.3, 0.4) is 0 Å². The Bertz CT molecular complexity index is 603. The predicted molar refractivity (Wildman–Crippen MR) is 82.8 cm³/mol. The highest BCUT2D eigenvalue weighted by Gasteiger charge is 2.23. The summed E-state index contributed by atoms with van der Waals surface area (Å²) in [6, 6.07) is 5.26. The summed E-state index contributed by atoms with van der Waals surface area (Å²) in [5.41, 5.74) is 8.43. The molecule has 1 aliphatic carbocycles. The fraction of sp³-hybridized carbons (Fsp3) is 0.400. The first kappa shape index (κ1) is 13.9. The summed E-state index contributed by atoms with van der Waals surface area (Å²) in [5, 5.41) is 1.56. The Morgan fingerprint density at radius 2 is 2.15 bits per heavy atom. The molecule has 1 heterocycles. The number of fused-ring (bicyclic) bond motifs is 1. The van der Waals surface area contributed by atoms with E-state index in [1.54, 1.807) is 18.4 Å². The van der Waals surface area contributed by atoms with E-state index in [2.05, 4.69) is 0 Å². The molecule has 0 radical (unpaired) electrons. The van der Waals surface area contributed by atoms with Gasteiger partial charge < -0.3 is 10.5 Å². The van der Waals surface area contributed by atoms with Crippen LogP contribution in [0.15, 0.2) is 18.2 Å². The molecule has 0 bridgehead atoms. The second kappa shape index (κ2) is 5.72. The van der Waals surface area contributed by atoms with E-state index in [1.165, 1.54) is 23.4 Å². The molecule has 0 spiro atoms. The van der Waals surface area contributed by atoms with Gasteiger partial charge in [-0.05, 0) is 37.8 Å². The number of aryl methyl sites for hydroxylation is 2. The number of rotatable bonds is 3. The average molecular weight is 309 g/mol. The van der Waals surface area contributed by atoms with Crippen molar-refractivity contribution in [3.8, 4) is 5.75 Å². The Kier molecular flexibility index (Phi) is 3.96. The zero-order valence-electron chi connectivity index (χ0n) is 11.4. The van der Waals surface area contributed by atoms with E-state index >= 15 is 0 Å². The highest BCUT2D eigenvalue weighted by atomic mass is 35.5. The molecule has 0 saturated heterocycles. The Morgan fingerprint density at radius 1 is 1.35 bits per heavy atom. The van der Waals surface area contributed by atoms with E-state index in [4.69, 9.17) is 27.1 Å². The second-order valence-electron chi connectivity index (χ2n) is 4.96. The van der Waals surface area contributed by atoms with Crippen molar-refractivity contribution < 1.29 is 4.74 Å². The summed E-state index contributed by atoms with van der Waals surface area (Å²) in [4.78, 5) is 6.11. The molecule has 1 aliphatic rings. The highest BCUT2D eigenvalue weighted by Crippen LogP contribution is 2.37. The van der Waals surface area contributed by atoms with Crippen LogP contribution in [-0.4, -0.2) is 12.1 Å². The summed E-state index contributed by atoms with van der Waals surface area (Å²) < 4.78 is 5.38. The topological polar surface area (TPSA) is 48.1 Å². The third-order valence-electron chi connectivity index (χ3n) is 3.67. The molecule has 0 aliphatic heterocycles. The zero-order valence-corrected chi connectivity index (χ0v) is 12.9. The average Bonchev–Trinajstić information content (AvgIpc) is 2.90. The van der Waals surface area contributed by atoms with Crippen LogP contribution in [0.4, 0.5) is 0 Å². The predicted octanol–water partition coefficient (Wildman–Crippen LogP) is 3.73. The lowest BCUT2D eigenvalue weighted by Gasteiger charge is -2.15.